The summed E-state index contributed by atoms with van der Waals surface area (Å²) in [4.78, 5) is 26.1. The Morgan fingerprint density at radius 2 is 2.10 bits per heavy atom. The van der Waals surface area contributed by atoms with Gasteiger partial charge in [-0.05, 0) is 25.8 Å². The minimum atomic E-state index is -0.391. The van der Waals surface area contributed by atoms with Crippen LogP contribution in [0, 0.1) is 6.92 Å². The van der Waals surface area contributed by atoms with Crippen molar-refractivity contribution in [2.75, 3.05) is 0 Å². The Morgan fingerprint density at radius 3 is 2.75 bits per heavy atom. The second-order valence-electron chi connectivity index (χ2n) is 5.54. The van der Waals surface area contributed by atoms with Crippen molar-refractivity contribution in [2.45, 2.75) is 52.2 Å². The zero-order chi connectivity index (χ0) is 14.7. The topological polar surface area (TPSA) is 49.4 Å². The summed E-state index contributed by atoms with van der Waals surface area (Å²) < 4.78 is 0. The van der Waals surface area contributed by atoms with E-state index < -0.39 is 6.04 Å². The lowest BCUT2D eigenvalue weighted by Gasteiger charge is -2.28. The Kier molecular flexibility index (Phi) is 4.42. The zero-order valence-corrected chi connectivity index (χ0v) is 12.3. The van der Waals surface area contributed by atoms with E-state index in [4.69, 9.17) is 0 Å². The van der Waals surface area contributed by atoms with E-state index in [-0.39, 0.29) is 17.9 Å². The molecule has 2 rings (SSSR count). The molecule has 1 saturated heterocycles. The molecule has 4 heteroatoms. The number of nitrogens with zero attached hydrogens (tertiary/aromatic N) is 1. The van der Waals surface area contributed by atoms with Gasteiger partial charge in [-0.3, -0.25) is 9.59 Å². The van der Waals surface area contributed by atoms with E-state index in [9.17, 15) is 9.59 Å². The summed E-state index contributed by atoms with van der Waals surface area (Å²) in [7, 11) is 0. The van der Waals surface area contributed by atoms with Crippen LogP contribution >= 0.6 is 0 Å². The quantitative estimate of drug-likeness (QED) is 0.916. The molecule has 1 heterocycles. The van der Waals surface area contributed by atoms with Gasteiger partial charge in [0.15, 0.2) is 0 Å². The maximum Gasteiger partial charge on any atom is 0.245 e. The standard InChI is InChI=1S/C16H22N2O2/c1-4-14-16(20)18(12(3)9-15(19)17-14)10-13-7-5-6-11(2)8-13/h5-8,12,14H,4,9-10H2,1-3H3,(H,17,19). The molecule has 1 aromatic carbocycles. The van der Waals surface area contributed by atoms with Gasteiger partial charge in [0.1, 0.15) is 6.04 Å². The largest absolute Gasteiger partial charge is 0.344 e. The monoisotopic (exact) mass is 274 g/mol. The Hall–Kier alpha value is -1.84. The molecule has 0 bridgehead atoms. The van der Waals surface area contributed by atoms with Crippen LogP contribution < -0.4 is 5.32 Å². The molecule has 0 saturated carbocycles. The van der Waals surface area contributed by atoms with E-state index in [1.807, 2.05) is 43.9 Å². The SMILES string of the molecule is CCC1NC(=O)CC(C)N(Cc2cccc(C)c2)C1=O. The Balaban J connectivity index is 2.22. The third kappa shape index (κ3) is 3.18. The molecule has 1 fully saturated rings. The van der Waals surface area contributed by atoms with Crippen LogP contribution in [0.15, 0.2) is 24.3 Å². The van der Waals surface area contributed by atoms with Crippen LogP contribution in [-0.4, -0.2) is 28.8 Å². The second-order valence-corrected chi connectivity index (χ2v) is 5.54. The summed E-state index contributed by atoms with van der Waals surface area (Å²) in [5.41, 5.74) is 2.29. The van der Waals surface area contributed by atoms with Crippen molar-refractivity contribution >= 4 is 11.8 Å². The van der Waals surface area contributed by atoms with Crippen LogP contribution in [0.25, 0.3) is 0 Å². The zero-order valence-electron chi connectivity index (χ0n) is 12.3. The van der Waals surface area contributed by atoms with Gasteiger partial charge in [-0.15, -0.1) is 0 Å². The van der Waals surface area contributed by atoms with Crippen molar-refractivity contribution < 1.29 is 9.59 Å². The van der Waals surface area contributed by atoms with Gasteiger partial charge in [0.25, 0.3) is 0 Å². The first kappa shape index (κ1) is 14.6. The molecule has 0 radical (unpaired) electrons. The minimum absolute atomic E-state index is 0.0207. The van der Waals surface area contributed by atoms with Gasteiger partial charge in [0.2, 0.25) is 11.8 Å². The maximum absolute atomic E-state index is 12.5. The first-order chi connectivity index (χ1) is 9.51. The van der Waals surface area contributed by atoms with Crippen LogP contribution in [0.3, 0.4) is 0 Å². The molecular formula is C16H22N2O2. The number of benzene rings is 1. The molecule has 0 aromatic heterocycles. The number of aryl methyl sites for hydroxylation is 1. The highest BCUT2D eigenvalue weighted by Crippen LogP contribution is 2.17. The number of rotatable bonds is 3. The minimum Gasteiger partial charge on any atom is -0.344 e. The number of nitrogens with one attached hydrogen (secondary N) is 1. The van der Waals surface area contributed by atoms with Gasteiger partial charge >= 0.3 is 0 Å². The summed E-state index contributed by atoms with van der Waals surface area (Å²) in [5.74, 6) is -0.0169. The molecule has 0 spiro atoms. The average Bonchev–Trinajstić information content (AvgIpc) is 2.50. The summed E-state index contributed by atoms with van der Waals surface area (Å²) >= 11 is 0. The van der Waals surface area contributed by atoms with Crippen molar-refractivity contribution in [3.63, 3.8) is 0 Å². The first-order valence-corrected chi connectivity index (χ1v) is 7.16. The van der Waals surface area contributed by atoms with E-state index in [0.717, 1.165) is 5.56 Å². The van der Waals surface area contributed by atoms with E-state index in [2.05, 4.69) is 11.4 Å². The van der Waals surface area contributed by atoms with Gasteiger partial charge in [-0.2, -0.15) is 0 Å². The summed E-state index contributed by atoms with van der Waals surface area (Å²) in [6, 6.07) is 7.68. The number of amides is 2. The number of carbonyl (C=O) groups is 2. The highest BCUT2D eigenvalue weighted by Gasteiger charge is 2.32. The Morgan fingerprint density at radius 1 is 1.35 bits per heavy atom. The van der Waals surface area contributed by atoms with Crippen LogP contribution in [0.1, 0.15) is 37.8 Å². The molecule has 1 aliphatic heterocycles. The average molecular weight is 274 g/mol. The van der Waals surface area contributed by atoms with Gasteiger partial charge in [0, 0.05) is 19.0 Å². The summed E-state index contributed by atoms with van der Waals surface area (Å²) in [6.07, 6.45) is 0.996. The lowest BCUT2D eigenvalue weighted by Crippen LogP contribution is -2.45. The highest BCUT2D eigenvalue weighted by atomic mass is 16.2. The van der Waals surface area contributed by atoms with Gasteiger partial charge in [0.05, 0.1) is 0 Å². The molecule has 2 amide bonds. The second kappa shape index (κ2) is 6.07. The lowest BCUT2D eigenvalue weighted by atomic mass is 10.1. The van der Waals surface area contributed by atoms with E-state index in [1.54, 1.807) is 0 Å². The summed E-state index contributed by atoms with van der Waals surface area (Å²) in [6.45, 7) is 6.46. The van der Waals surface area contributed by atoms with Crippen molar-refractivity contribution in [3.8, 4) is 0 Å². The number of hydrogen-bond acceptors (Lipinski definition) is 2. The van der Waals surface area contributed by atoms with Crippen LogP contribution in [0.5, 0.6) is 0 Å². The molecule has 0 aliphatic carbocycles. The van der Waals surface area contributed by atoms with E-state index >= 15 is 0 Å². The van der Waals surface area contributed by atoms with Crippen molar-refractivity contribution in [2.24, 2.45) is 0 Å². The fraction of sp³-hybridized carbons (Fsp3) is 0.500. The smallest absolute Gasteiger partial charge is 0.245 e. The Labute approximate surface area is 120 Å². The molecular weight excluding hydrogens is 252 g/mol. The molecule has 1 aliphatic rings. The fourth-order valence-electron chi connectivity index (χ4n) is 2.63. The number of carbonyl (C=O) groups excluding carboxylic acids is 2. The number of hydrogen-bond donors (Lipinski definition) is 1. The predicted octanol–water partition coefficient (Wildman–Crippen LogP) is 2.01. The van der Waals surface area contributed by atoms with E-state index in [1.165, 1.54) is 5.56 Å². The van der Waals surface area contributed by atoms with Crippen molar-refractivity contribution in [1.29, 1.82) is 0 Å². The highest BCUT2D eigenvalue weighted by molar-refractivity contribution is 5.90. The van der Waals surface area contributed by atoms with Gasteiger partial charge in [-0.25, -0.2) is 0 Å². The van der Waals surface area contributed by atoms with E-state index in [0.29, 0.717) is 19.4 Å². The fourth-order valence-corrected chi connectivity index (χ4v) is 2.63. The molecule has 2 atom stereocenters. The van der Waals surface area contributed by atoms with Crippen LogP contribution in [0.4, 0.5) is 0 Å². The normalized spacial score (nSPS) is 23.4. The molecule has 20 heavy (non-hydrogen) atoms. The predicted molar refractivity (Wildman–Crippen MR) is 78.0 cm³/mol. The van der Waals surface area contributed by atoms with Crippen molar-refractivity contribution in [1.82, 2.24) is 10.2 Å². The van der Waals surface area contributed by atoms with Gasteiger partial charge in [-0.1, -0.05) is 36.8 Å². The first-order valence-electron chi connectivity index (χ1n) is 7.16. The summed E-state index contributed by atoms with van der Waals surface area (Å²) in [5, 5.41) is 2.81. The third-order valence-corrected chi connectivity index (χ3v) is 3.77. The van der Waals surface area contributed by atoms with Crippen LogP contribution in [-0.2, 0) is 16.1 Å². The third-order valence-electron chi connectivity index (χ3n) is 3.77. The van der Waals surface area contributed by atoms with Crippen molar-refractivity contribution in [3.05, 3.63) is 35.4 Å². The molecule has 108 valence electrons. The Bertz CT molecular complexity index is 513. The molecule has 4 nitrogen and oxygen atoms in total. The maximum atomic E-state index is 12.5. The van der Waals surface area contributed by atoms with Crippen LogP contribution in [0.2, 0.25) is 0 Å². The molecule has 1 aromatic rings. The molecule has 1 N–H and O–H groups in total. The lowest BCUT2D eigenvalue weighted by molar-refractivity contribution is -0.135. The van der Waals surface area contributed by atoms with Gasteiger partial charge < -0.3 is 10.2 Å². The molecule has 2 unspecified atom stereocenters.